The molecule has 3 aliphatic carbocycles. The smallest absolute Gasteiger partial charge is 0.335 e. The Morgan fingerprint density at radius 1 is 0.519 bits per heavy atom. The zero-order chi connectivity index (χ0) is 75.1. The number of carbonyl (C=O) groups is 6. The SMILES string of the molecule is CN1C(=O)C(C)(F)CN(C2CCCC2)c2nc(Cl)ncc21.COc1cc(C(=O)NC2CCN(C)CC2)ccc1Nc1ncc2c(n1)N(C1CCCC1)CC(C)(F)C(=O)N2C.COc1cc(C(=O)O)ccc1N.COc1cc(C(=O)O)ccc1Nc1ncc2c(n1)N(C1CCCC1)CC(C)(F)C(=O)N2C. The van der Waals surface area contributed by atoms with E-state index in [2.05, 4.69) is 52.8 Å². The molecule has 104 heavy (non-hydrogen) atoms. The third kappa shape index (κ3) is 17.3. The van der Waals surface area contributed by atoms with Crippen LogP contribution in [0.1, 0.15) is 142 Å². The van der Waals surface area contributed by atoms with Gasteiger partial charge < -0.3 is 80.4 Å². The van der Waals surface area contributed by atoms with Crippen LogP contribution >= 0.6 is 11.6 Å². The highest BCUT2D eigenvalue weighted by Crippen LogP contribution is 2.44. The van der Waals surface area contributed by atoms with Crippen LogP contribution in [0.5, 0.6) is 17.2 Å². The van der Waals surface area contributed by atoms with Crippen LogP contribution in [0.4, 0.5) is 76.6 Å². The number of halogens is 4. The van der Waals surface area contributed by atoms with Crippen LogP contribution in [-0.4, -0.2) is 204 Å². The second-order valence-electron chi connectivity index (χ2n) is 27.7. The molecule has 28 nitrogen and oxygen atoms in total. The molecule has 0 spiro atoms. The first-order valence-corrected chi connectivity index (χ1v) is 35.1. The molecule has 3 saturated carbocycles. The molecule has 0 radical (unpaired) electrons. The molecule has 1 saturated heterocycles. The van der Waals surface area contributed by atoms with Crippen molar-refractivity contribution in [3.05, 3.63) is 95.2 Å². The zero-order valence-electron chi connectivity index (χ0n) is 60.1. The van der Waals surface area contributed by atoms with Gasteiger partial charge in [0, 0.05) is 50.9 Å². The maximum absolute atomic E-state index is 15.5. The minimum absolute atomic E-state index is 0.00117. The second-order valence-corrected chi connectivity index (χ2v) is 28.1. The molecule has 4 fully saturated rings. The molecular weight excluding hydrogens is 1370 g/mol. The zero-order valence-corrected chi connectivity index (χ0v) is 60.9. The van der Waals surface area contributed by atoms with Crippen molar-refractivity contribution in [2.75, 3.05) is 128 Å². The van der Waals surface area contributed by atoms with Gasteiger partial charge in [-0.2, -0.15) is 15.0 Å². The van der Waals surface area contributed by atoms with Crippen LogP contribution in [0.2, 0.25) is 5.28 Å². The summed E-state index contributed by atoms with van der Waals surface area (Å²) in [6, 6.07) is 14.5. The largest absolute Gasteiger partial charge is 0.495 e. The van der Waals surface area contributed by atoms with Gasteiger partial charge in [-0.05, 0) is 158 Å². The first-order valence-electron chi connectivity index (χ1n) is 34.7. The van der Waals surface area contributed by atoms with Gasteiger partial charge in [0.2, 0.25) is 34.2 Å². The lowest BCUT2D eigenvalue weighted by Crippen LogP contribution is -2.49. The number of hydrogen-bond donors (Lipinski definition) is 6. The number of hydrogen-bond acceptors (Lipinski definition) is 22. The molecule has 6 aromatic rings. The van der Waals surface area contributed by atoms with Gasteiger partial charge in [-0.3, -0.25) is 19.2 Å². The minimum Gasteiger partial charge on any atom is -0.495 e. The summed E-state index contributed by atoms with van der Waals surface area (Å²) < 4.78 is 61.4. The van der Waals surface area contributed by atoms with Gasteiger partial charge in [0.25, 0.3) is 23.6 Å². The fourth-order valence-electron chi connectivity index (χ4n) is 14.2. The number of nitrogens with zero attached hydrogens (tertiary/aromatic N) is 13. The molecule has 558 valence electrons. The summed E-state index contributed by atoms with van der Waals surface area (Å²) in [5.74, 6) is -0.720. The van der Waals surface area contributed by atoms with Crippen molar-refractivity contribution in [3.8, 4) is 17.2 Å². The van der Waals surface area contributed by atoms with E-state index in [0.29, 0.717) is 80.3 Å². The Morgan fingerprint density at radius 3 is 1.25 bits per heavy atom. The molecule has 32 heteroatoms. The van der Waals surface area contributed by atoms with Crippen molar-refractivity contribution < 1.29 is 66.4 Å². The predicted molar refractivity (Wildman–Crippen MR) is 391 cm³/mol. The number of nitrogens with two attached hydrogens (primary N) is 1. The number of piperidine rings is 1. The summed E-state index contributed by atoms with van der Waals surface area (Å²) in [5, 5.41) is 27.3. The van der Waals surface area contributed by atoms with E-state index in [1.54, 1.807) is 51.7 Å². The number of fused-ring (bicyclic) bond motifs is 3. The van der Waals surface area contributed by atoms with E-state index < -0.39 is 46.7 Å². The van der Waals surface area contributed by atoms with Gasteiger partial charge >= 0.3 is 11.9 Å². The molecule has 4 aliphatic heterocycles. The standard InChI is InChI=1S/C28H38FN7O3.C22H26FN5O4.C14H18ClFN4O.C8H9NO3/c1-28(29)17-36(20-7-5-6-8-20)24-22(35(3)26(28)38)16-30-27(33-24)32-21-10-9-18(15-23(21)39-4)25(37)31-19-11-13-34(2)14-12-19;1-22(23)12-28(14-6-4-5-7-14)18-16(27(2)20(22)31)11-24-21(26-18)25-15-9-8-13(19(29)30)10-17(15)32-3;1-14(16)8-20(9-5-3-4-6-9)11-10(19(2)12(14)21)7-17-13(15)18-11;1-12-7-4-5(8(10)11)2-3-6(7)9/h9-10,15-16,19-20H,5-8,11-14,17H2,1-4H3,(H,31,37)(H,30,32,33);8-11,14H,4-7,12H2,1-3H3,(H,29,30)(H,24,25,26);7,9H,3-6,8H2,1-2H3;2-4H,9H2,1H3,(H,10,11). The number of likely N-dealkylation sites (tertiary alicyclic amines) is 1. The Bertz CT molecular complexity index is 4150. The number of anilines is 11. The predicted octanol–water partition coefficient (Wildman–Crippen LogP) is 10.4. The molecule has 7 heterocycles. The number of carboxylic acid groups (broad SMARTS) is 2. The molecule has 7 aliphatic rings. The van der Waals surface area contributed by atoms with Crippen LogP contribution in [0.25, 0.3) is 0 Å². The summed E-state index contributed by atoms with van der Waals surface area (Å²) >= 11 is 5.91. The molecule has 3 unspecified atom stereocenters. The quantitative estimate of drug-likeness (QED) is 0.0436. The minimum atomic E-state index is -2.05. The molecule has 0 bridgehead atoms. The van der Waals surface area contributed by atoms with Gasteiger partial charge in [-0.25, -0.2) is 37.7 Å². The van der Waals surface area contributed by atoms with Gasteiger partial charge in [0.15, 0.2) is 17.5 Å². The van der Waals surface area contributed by atoms with Crippen molar-refractivity contribution in [1.29, 1.82) is 0 Å². The van der Waals surface area contributed by atoms with Crippen LogP contribution < -0.4 is 65.3 Å². The summed E-state index contributed by atoms with van der Waals surface area (Å²) in [4.78, 5) is 111. The van der Waals surface area contributed by atoms with Gasteiger partial charge in [0.05, 0.1) is 87.7 Å². The van der Waals surface area contributed by atoms with E-state index >= 15 is 8.78 Å². The Balaban J connectivity index is 0.000000160. The molecule has 7 N–H and O–H groups in total. The number of nitrogen functional groups attached to an aromatic ring is 1. The van der Waals surface area contributed by atoms with Crippen LogP contribution in [0.3, 0.4) is 0 Å². The summed E-state index contributed by atoms with van der Waals surface area (Å²) in [6.07, 6.45) is 18.5. The highest BCUT2D eigenvalue weighted by Gasteiger charge is 2.48. The average molecular weight is 1460 g/mol. The maximum atomic E-state index is 15.5. The highest BCUT2D eigenvalue weighted by atomic mass is 35.5. The highest BCUT2D eigenvalue weighted by molar-refractivity contribution is 6.28. The monoisotopic (exact) mass is 1460 g/mol. The van der Waals surface area contributed by atoms with E-state index in [4.69, 9.17) is 41.6 Å². The number of nitrogens with one attached hydrogen (secondary N) is 3. The lowest BCUT2D eigenvalue weighted by Gasteiger charge is -2.32. The maximum Gasteiger partial charge on any atom is 0.335 e. The number of carbonyl (C=O) groups excluding carboxylic acids is 4. The molecule has 3 aromatic heterocycles. The van der Waals surface area contributed by atoms with Crippen LogP contribution in [0.15, 0.2) is 73.2 Å². The first-order chi connectivity index (χ1) is 49.4. The summed E-state index contributed by atoms with van der Waals surface area (Å²) in [5.41, 5.74) is 3.14. The van der Waals surface area contributed by atoms with Gasteiger partial charge in [0.1, 0.15) is 34.3 Å². The summed E-state index contributed by atoms with van der Waals surface area (Å²) in [6.45, 7) is 5.75. The Morgan fingerprint density at radius 2 is 0.865 bits per heavy atom. The van der Waals surface area contributed by atoms with E-state index in [1.165, 1.54) is 99.5 Å². The van der Waals surface area contributed by atoms with E-state index in [9.17, 15) is 38.3 Å². The number of amides is 4. The number of ether oxygens (including phenoxy) is 3. The number of methoxy groups -OCH3 is 3. The number of aromatic nitrogens is 6. The van der Waals surface area contributed by atoms with Crippen molar-refractivity contribution in [1.82, 2.24) is 40.1 Å². The van der Waals surface area contributed by atoms with Crippen molar-refractivity contribution >= 4 is 111 Å². The first kappa shape index (κ1) is 76.6. The lowest BCUT2D eigenvalue weighted by atomic mass is 10.0. The molecule has 3 atom stereocenters. The third-order valence-electron chi connectivity index (χ3n) is 20.0. The van der Waals surface area contributed by atoms with E-state index in [-0.39, 0.29) is 72.1 Å². The number of alkyl halides is 3. The van der Waals surface area contributed by atoms with Crippen molar-refractivity contribution in [3.63, 3.8) is 0 Å². The van der Waals surface area contributed by atoms with E-state index in [0.717, 1.165) is 103 Å². The Hall–Kier alpha value is -10.0. The Kier molecular flexibility index (Phi) is 23.8. The fourth-order valence-corrected chi connectivity index (χ4v) is 14.4. The number of rotatable bonds is 14. The van der Waals surface area contributed by atoms with E-state index in [1.807, 2.05) is 14.7 Å². The molecule has 13 rings (SSSR count). The van der Waals surface area contributed by atoms with Crippen molar-refractivity contribution in [2.45, 2.75) is 152 Å². The number of benzene rings is 3. The molecule has 4 amide bonds. The second kappa shape index (κ2) is 32.3. The topological polar surface area (TPSA) is 333 Å². The molecular formula is C72H91ClF3N17O11. The van der Waals surface area contributed by atoms with Gasteiger partial charge in [-0.15, -0.1) is 0 Å². The molecule has 3 aromatic carbocycles. The van der Waals surface area contributed by atoms with Crippen molar-refractivity contribution in [2.24, 2.45) is 0 Å². The number of carboxylic acids is 2. The summed E-state index contributed by atoms with van der Waals surface area (Å²) in [7, 11) is 11.2. The van der Waals surface area contributed by atoms with Gasteiger partial charge in [-0.1, -0.05) is 38.5 Å². The van der Waals surface area contributed by atoms with Crippen LogP contribution in [0, 0.1) is 0 Å². The average Bonchev–Trinajstić information content (AvgIpc) is 1.13. The van der Waals surface area contributed by atoms with Crippen LogP contribution in [-0.2, 0) is 14.4 Å². The Labute approximate surface area is 606 Å². The fraction of sp³-hybridized carbons (Fsp3) is 0.500. The third-order valence-corrected chi connectivity index (χ3v) is 20.2. The number of aromatic carboxylic acids is 2. The lowest BCUT2D eigenvalue weighted by molar-refractivity contribution is -0.128. The normalized spacial score (nSPS) is 21.7.